The van der Waals surface area contributed by atoms with Gasteiger partial charge in [-0.25, -0.2) is 0 Å². The first-order valence-corrected chi connectivity index (χ1v) is 7.36. The van der Waals surface area contributed by atoms with Gasteiger partial charge in [0.2, 0.25) is 0 Å². The van der Waals surface area contributed by atoms with E-state index in [0.717, 1.165) is 25.7 Å². The zero-order valence-corrected chi connectivity index (χ0v) is 11.8. The van der Waals surface area contributed by atoms with E-state index in [1.807, 2.05) is 6.92 Å². The number of nitrogens with one attached hydrogen (secondary N) is 1. The van der Waals surface area contributed by atoms with Crippen molar-refractivity contribution in [3.05, 3.63) is 35.9 Å². The maximum absolute atomic E-state index is 13.3. The number of alkyl halides is 3. The summed E-state index contributed by atoms with van der Waals surface area (Å²) < 4.78 is 39.8. The molecule has 2 rings (SSSR count). The molecule has 0 bridgehead atoms. The molecule has 1 aliphatic carbocycles. The van der Waals surface area contributed by atoms with Crippen LogP contribution in [0.15, 0.2) is 30.3 Å². The van der Waals surface area contributed by atoms with Crippen molar-refractivity contribution >= 4 is 0 Å². The zero-order valence-electron chi connectivity index (χ0n) is 11.8. The standard InChI is InChI=1S/C16H22F3N/c1-12(13-8-4-2-5-9-13)20-15(16(17,18)19)14-10-6-3-7-11-14/h3,6-7,10-13,15,20H,2,4-5,8-9H2,1H3. The van der Waals surface area contributed by atoms with Crippen molar-refractivity contribution in [2.75, 3.05) is 0 Å². The van der Waals surface area contributed by atoms with Crippen molar-refractivity contribution < 1.29 is 13.2 Å². The zero-order chi connectivity index (χ0) is 14.6. The van der Waals surface area contributed by atoms with Crippen LogP contribution in [0.2, 0.25) is 0 Å². The number of benzene rings is 1. The van der Waals surface area contributed by atoms with E-state index in [9.17, 15) is 13.2 Å². The molecule has 0 heterocycles. The minimum absolute atomic E-state index is 0.109. The SMILES string of the molecule is CC(NC(c1ccccc1)C(F)(F)F)C1CCCCC1. The number of halogens is 3. The van der Waals surface area contributed by atoms with Gasteiger partial charge < -0.3 is 0 Å². The summed E-state index contributed by atoms with van der Waals surface area (Å²) in [5.41, 5.74) is 0.294. The molecule has 1 aromatic carbocycles. The molecule has 0 radical (unpaired) electrons. The van der Waals surface area contributed by atoms with Gasteiger partial charge in [-0.3, -0.25) is 5.32 Å². The van der Waals surface area contributed by atoms with Crippen LogP contribution in [0, 0.1) is 5.92 Å². The second kappa shape index (κ2) is 6.61. The summed E-state index contributed by atoms with van der Waals surface area (Å²) in [7, 11) is 0. The van der Waals surface area contributed by atoms with E-state index in [0.29, 0.717) is 11.5 Å². The van der Waals surface area contributed by atoms with Crippen molar-refractivity contribution in [1.29, 1.82) is 0 Å². The van der Waals surface area contributed by atoms with Crippen LogP contribution in [-0.4, -0.2) is 12.2 Å². The maximum Gasteiger partial charge on any atom is 0.407 e. The van der Waals surface area contributed by atoms with Crippen LogP contribution in [-0.2, 0) is 0 Å². The van der Waals surface area contributed by atoms with Gasteiger partial charge in [0, 0.05) is 6.04 Å². The van der Waals surface area contributed by atoms with Gasteiger partial charge in [0.25, 0.3) is 0 Å². The fraction of sp³-hybridized carbons (Fsp3) is 0.625. The number of hydrogen-bond acceptors (Lipinski definition) is 1. The van der Waals surface area contributed by atoms with Gasteiger partial charge in [0.15, 0.2) is 0 Å². The van der Waals surface area contributed by atoms with E-state index in [1.54, 1.807) is 30.3 Å². The van der Waals surface area contributed by atoms with Gasteiger partial charge in [0.1, 0.15) is 6.04 Å². The lowest BCUT2D eigenvalue weighted by Crippen LogP contribution is -2.43. The molecule has 0 amide bonds. The van der Waals surface area contributed by atoms with E-state index >= 15 is 0 Å². The quantitative estimate of drug-likeness (QED) is 0.834. The summed E-state index contributed by atoms with van der Waals surface area (Å²) in [6.07, 6.45) is 1.30. The molecule has 112 valence electrons. The van der Waals surface area contributed by atoms with E-state index < -0.39 is 12.2 Å². The summed E-state index contributed by atoms with van der Waals surface area (Å²) in [4.78, 5) is 0. The Morgan fingerprint density at radius 3 is 2.20 bits per heavy atom. The molecular weight excluding hydrogens is 263 g/mol. The van der Waals surface area contributed by atoms with Crippen LogP contribution in [0.3, 0.4) is 0 Å². The van der Waals surface area contributed by atoms with E-state index in [1.165, 1.54) is 6.42 Å². The minimum Gasteiger partial charge on any atom is -0.300 e. The van der Waals surface area contributed by atoms with Gasteiger partial charge in [-0.1, -0.05) is 49.6 Å². The summed E-state index contributed by atoms with van der Waals surface area (Å²) in [6.45, 7) is 1.89. The average molecular weight is 285 g/mol. The van der Waals surface area contributed by atoms with E-state index in [-0.39, 0.29) is 6.04 Å². The largest absolute Gasteiger partial charge is 0.407 e. The van der Waals surface area contributed by atoms with Crippen LogP contribution in [0.5, 0.6) is 0 Å². The molecule has 0 aromatic heterocycles. The highest BCUT2D eigenvalue weighted by atomic mass is 19.4. The summed E-state index contributed by atoms with van der Waals surface area (Å²) >= 11 is 0. The first-order valence-electron chi connectivity index (χ1n) is 7.36. The van der Waals surface area contributed by atoms with Crippen LogP contribution in [0.25, 0.3) is 0 Å². The monoisotopic (exact) mass is 285 g/mol. The van der Waals surface area contributed by atoms with E-state index in [4.69, 9.17) is 0 Å². The predicted molar refractivity (Wildman–Crippen MR) is 74.4 cm³/mol. The molecule has 4 heteroatoms. The molecule has 2 unspecified atom stereocenters. The Balaban J connectivity index is 2.08. The third kappa shape index (κ3) is 3.98. The lowest BCUT2D eigenvalue weighted by atomic mass is 9.84. The third-order valence-corrected chi connectivity index (χ3v) is 4.25. The normalized spacial score (nSPS) is 20.6. The highest BCUT2D eigenvalue weighted by molar-refractivity contribution is 5.20. The Labute approximate surface area is 118 Å². The first-order chi connectivity index (χ1) is 9.48. The third-order valence-electron chi connectivity index (χ3n) is 4.25. The maximum atomic E-state index is 13.3. The molecule has 1 fully saturated rings. The number of hydrogen-bond donors (Lipinski definition) is 1. The molecule has 1 aromatic rings. The Bertz CT molecular complexity index is 396. The lowest BCUT2D eigenvalue weighted by molar-refractivity contribution is -0.160. The minimum atomic E-state index is -4.26. The fourth-order valence-electron chi connectivity index (χ4n) is 3.06. The average Bonchev–Trinajstić information content (AvgIpc) is 2.45. The highest BCUT2D eigenvalue weighted by Gasteiger charge is 2.42. The van der Waals surface area contributed by atoms with Gasteiger partial charge >= 0.3 is 6.18 Å². The molecule has 1 saturated carbocycles. The first kappa shape index (κ1) is 15.4. The molecule has 2 atom stereocenters. The van der Waals surface area contributed by atoms with E-state index in [2.05, 4.69) is 5.32 Å². The van der Waals surface area contributed by atoms with Crippen molar-refractivity contribution in [1.82, 2.24) is 5.32 Å². The molecule has 20 heavy (non-hydrogen) atoms. The Hall–Kier alpha value is -1.03. The topological polar surface area (TPSA) is 12.0 Å². The van der Waals surface area contributed by atoms with Crippen molar-refractivity contribution in [3.63, 3.8) is 0 Å². The fourth-order valence-corrected chi connectivity index (χ4v) is 3.06. The van der Waals surface area contributed by atoms with Gasteiger partial charge in [0.05, 0.1) is 0 Å². The summed E-state index contributed by atoms with van der Waals surface area (Å²) in [5, 5.41) is 2.82. The molecular formula is C16H22F3N. The molecule has 1 aliphatic rings. The molecule has 0 spiro atoms. The summed E-state index contributed by atoms with van der Waals surface area (Å²) in [5.74, 6) is 0.359. The smallest absolute Gasteiger partial charge is 0.300 e. The van der Waals surface area contributed by atoms with Gasteiger partial charge in [-0.2, -0.15) is 13.2 Å². The molecule has 0 saturated heterocycles. The van der Waals surface area contributed by atoms with Gasteiger partial charge in [-0.05, 0) is 31.2 Å². The molecule has 1 N–H and O–H groups in total. The summed E-state index contributed by atoms with van der Waals surface area (Å²) in [6, 6.07) is 6.45. The highest BCUT2D eigenvalue weighted by Crippen LogP contribution is 2.35. The molecule has 1 nitrogen and oxygen atoms in total. The van der Waals surface area contributed by atoms with Crippen LogP contribution in [0.1, 0.15) is 50.6 Å². The van der Waals surface area contributed by atoms with Crippen molar-refractivity contribution in [2.45, 2.75) is 57.3 Å². The Kier molecular flexibility index (Phi) is 5.08. The van der Waals surface area contributed by atoms with Crippen LogP contribution in [0.4, 0.5) is 13.2 Å². The number of rotatable bonds is 4. The second-order valence-electron chi connectivity index (χ2n) is 5.74. The van der Waals surface area contributed by atoms with Crippen LogP contribution >= 0.6 is 0 Å². The Morgan fingerprint density at radius 1 is 1.05 bits per heavy atom. The van der Waals surface area contributed by atoms with Crippen LogP contribution < -0.4 is 5.32 Å². The van der Waals surface area contributed by atoms with Gasteiger partial charge in [-0.15, -0.1) is 0 Å². The second-order valence-corrected chi connectivity index (χ2v) is 5.74. The lowest BCUT2D eigenvalue weighted by Gasteiger charge is -2.32. The molecule has 0 aliphatic heterocycles. The predicted octanol–water partition coefficient (Wildman–Crippen LogP) is 4.85. The van der Waals surface area contributed by atoms with Crippen molar-refractivity contribution in [2.24, 2.45) is 5.92 Å². The Morgan fingerprint density at radius 2 is 1.65 bits per heavy atom. The van der Waals surface area contributed by atoms with Crippen molar-refractivity contribution in [3.8, 4) is 0 Å².